The van der Waals surface area contributed by atoms with Crippen molar-refractivity contribution >= 4 is 11.9 Å². The summed E-state index contributed by atoms with van der Waals surface area (Å²) in [5.74, 6) is -0.154. The highest BCUT2D eigenvalue weighted by atomic mass is 16.7. The van der Waals surface area contributed by atoms with Crippen LogP contribution in [-0.2, 0) is 23.8 Å². The summed E-state index contributed by atoms with van der Waals surface area (Å²) in [5, 5.41) is 54.4. The number of hydrogen-bond acceptors (Lipinski definition) is 10. The molecule has 1 heterocycles. The molecule has 0 aromatic heterocycles. The van der Waals surface area contributed by atoms with Gasteiger partial charge in [-0.15, -0.1) is 0 Å². The fourth-order valence-electron chi connectivity index (χ4n) is 13.3. The Morgan fingerprint density at radius 2 is 0.692 bits per heavy atom. The van der Waals surface area contributed by atoms with Gasteiger partial charge in [0.1, 0.15) is 24.4 Å². The molecule has 0 radical (unpaired) electrons. The van der Waals surface area contributed by atoms with E-state index in [0.29, 0.717) is 19.4 Å². The van der Waals surface area contributed by atoms with Crippen molar-refractivity contribution in [2.75, 3.05) is 19.8 Å². The molecule has 0 saturated carbocycles. The Labute approximate surface area is 563 Å². The standard InChI is InChI=1S/C80H155NO10/c1-3-5-7-9-11-13-14-15-16-17-35-39-42-45-48-52-56-60-64-68-76(85)89-69-65-61-57-53-49-46-43-40-37-34-32-30-28-26-24-22-20-18-19-21-23-25-27-29-31-33-36-38-41-44-47-51-55-59-63-67-75(84)81-72(73(83)66-62-58-54-50-12-10-8-6-4-2)71-90-80-79(88)78(87)77(86)74(70-82)91-80/h62,66,72-74,77-80,82-83,86-88H,3-61,63-65,67-71H2,1-2H3,(H,81,84)/b66-62+. The van der Waals surface area contributed by atoms with Gasteiger partial charge in [0.05, 0.1) is 32.0 Å². The molecule has 1 fully saturated rings. The zero-order chi connectivity index (χ0) is 65.8. The minimum Gasteiger partial charge on any atom is -0.466 e. The van der Waals surface area contributed by atoms with Gasteiger partial charge in [0.2, 0.25) is 5.91 Å². The lowest BCUT2D eigenvalue weighted by Gasteiger charge is -2.40. The smallest absolute Gasteiger partial charge is 0.305 e. The fourth-order valence-corrected chi connectivity index (χ4v) is 13.3. The first-order chi connectivity index (χ1) is 44.7. The third-order valence-corrected chi connectivity index (χ3v) is 19.7. The van der Waals surface area contributed by atoms with Crippen LogP contribution in [0.25, 0.3) is 0 Å². The molecule has 0 spiro atoms. The average Bonchev–Trinajstić information content (AvgIpc) is 1.82. The van der Waals surface area contributed by atoms with Crippen LogP contribution in [0.2, 0.25) is 0 Å². The van der Waals surface area contributed by atoms with Gasteiger partial charge < -0.3 is 45.1 Å². The highest BCUT2D eigenvalue weighted by molar-refractivity contribution is 5.76. The summed E-state index contributed by atoms with van der Waals surface area (Å²) in [6.07, 6.45) is 78.5. The van der Waals surface area contributed by atoms with Gasteiger partial charge in [0, 0.05) is 12.8 Å². The Balaban J connectivity index is 1.83. The number of ether oxygens (including phenoxy) is 3. The number of aliphatic hydroxyl groups is 5. The van der Waals surface area contributed by atoms with E-state index in [2.05, 4.69) is 19.2 Å². The maximum atomic E-state index is 13.0. The second kappa shape index (κ2) is 69.7. The summed E-state index contributed by atoms with van der Waals surface area (Å²) in [4.78, 5) is 25.2. The van der Waals surface area contributed by atoms with E-state index in [-0.39, 0.29) is 18.5 Å². The number of carbonyl (C=O) groups is 2. The van der Waals surface area contributed by atoms with Crippen LogP contribution in [-0.4, -0.2) is 100 Å². The number of amides is 1. The Hall–Kier alpha value is -1.60. The van der Waals surface area contributed by atoms with Gasteiger partial charge in [-0.1, -0.05) is 392 Å². The molecule has 0 aliphatic carbocycles. The quantitative estimate of drug-likeness (QED) is 0.0195. The Morgan fingerprint density at radius 1 is 0.396 bits per heavy atom. The van der Waals surface area contributed by atoms with Crippen LogP contribution in [0.15, 0.2) is 12.2 Å². The van der Waals surface area contributed by atoms with E-state index < -0.39 is 49.5 Å². The molecular weight excluding hydrogens is 1130 g/mol. The van der Waals surface area contributed by atoms with Crippen molar-refractivity contribution in [3.63, 3.8) is 0 Å². The van der Waals surface area contributed by atoms with Crippen LogP contribution in [0.4, 0.5) is 0 Å². The SMILES string of the molecule is CCCCCCCCC/C=C/C(O)C(COC1OC(CO)C(O)C(O)C1O)NC(=O)CCCCCCCCCCCCCCCCCCCCCCCCCCCCCCCCCCCCCOC(=O)CCCCCCCCCCCCCCCCCCCCC. The van der Waals surface area contributed by atoms with E-state index in [1.54, 1.807) is 6.08 Å². The first kappa shape index (κ1) is 87.4. The number of rotatable bonds is 73. The maximum Gasteiger partial charge on any atom is 0.305 e. The van der Waals surface area contributed by atoms with E-state index in [1.165, 1.54) is 347 Å². The minimum absolute atomic E-state index is 0.0219. The monoisotopic (exact) mass is 1290 g/mol. The molecule has 1 rings (SSSR count). The molecule has 1 aliphatic rings. The minimum atomic E-state index is -1.57. The summed E-state index contributed by atoms with van der Waals surface area (Å²) in [6, 6.07) is -0.804. The molecule has 1 aliphatic heterocycles. The Kier molecular flexibility index (Phi) is 67.0. The maximum absolute atomic E-state index is 13.0. The molecule has 1 saturated heterocycles. The molecule has 0 aromatic carbocycles. The van der Waals surface area contributed by atoms with Crippen molar-refractivity contribution in [2.45, 2.75) is 468 Å². The number of hydrogen-bond donors (Lipinski definition) is 6. The lowest BCUT2D eigenvalue weighted by molar-refractivity contribution is -0.302. The summed E-state index contributed by atoms with van der Waals surface area (Å²) in [7, 11) is 0. The van der Waals surface area contributed by atoms with E-state index in [0.717, 1.165) is 51.4 Å². The first-order valence-corrected chi connectivity index (χ1v) is 40.5. The molecule has 7 unspecified atom stereocenters. The molecule has 0 bridgehead atoms. The molecule has 11 nitrogen and oxygen atoms in total. The molecule has 6 N–H and O–H groups in total. The number of esters is 1. The van der Waals surface area contributed by atoms with Gasteiger partial charge in [0.25, 0.3) is 0 Å². The van der Waals surface area contributed by atoms with Crippen LogP contribution in [0.3, 0.4) is 0 Å². The third kappa shape index (κ3) is 58.3. The van der Waals surface area contributed by atoms with Gasteiger partial charge >= 0.3 is 5.97 Å². The normalized spacial score (nSPS) is 17.5. The molecule has 0 aromatic rings. The number of aliphatic hydroxyl groups excluding tert-OH is 5. The van der Waals surface area contributed by atoms with E-state index in [4.69, 9.17) is 14.2 Å². The highest BCUT2D eigenvalue weighted by Crippen LogP contribution is 2.24. The van der Waals surface area contributed by atoms with Gasteiger partial charge in [-0.2, -0.15) is 0 Å². The summed E-state index contributed by atoms with van der Waals surface area (Å²) in [5.41, 5.74) is 0. The lowest BCUT2D eigenvalue weighted by atomic mass is 9.99. The molecular formula is C80H155NO10. The van der Waals surface area contributed by atoms with E-state index >= 15 is 0 Å². The second-order valence-corrected chi connectivity index (χ2v) is 28.5. The second-order valence-electron chi connectivity index (χ2n) is 28.5. The highest BCUT2D eigenvalue weighted by Gasteiger charge is 2.44. The molecule has 11 heteroatoms. The van der Waals surface area contributed by atoms with Gasteiger partial charge in [-0.05, 0) is 32.1 Å². The van der Waals surface area contributed by atoms with E-state index in [1.807, 2.05) is 6.08 Å². The van der Waals surface area contributed by atoms with Crippen LogP contribution >= 0.6 is 0 Å². The number of allylic oxidation sites excluding steroid dienone is 1. The van der Waals surface area contributed by atoms with Crippen molar-refractivity contribution in [1.29, 1.82) is 0 Å². The zero-order valence-electron chi connectivity index (χ0n) is 60.3. The summed E-state index contributed by atoms with van der Waals surface area (Å²) < 4.78 is 16.8. The molecule has 91 heavy (non-hydrogen) atoms. The predicted molar refractivity (Wildman–Crippen MR) is 385 cm³/mol. The Morgan fingerprint density at radius 3 is 1.02 bits per heavy atom. The van der Waals surface area contributed by atoms with Gasteiger partial charge in [0.15, 0.2) is 6.29 Å². The molecule has 7 atom stereocenters. The molecule has 540 valence electrons. The van der Waals surface area contributed by atoms with Crippen LogP contribution in [0, 0.1) is 0 Å². The Bertz CT molecular complexity index is 1510. The largest absolute Gasteiger partial charge is 0.466 e. The van der Waals surface area contributed by atoms with Gasteiger partial charge in [-0.25, -0.2) is 0 Å². The third-order valence-electron chi connectivity index (χ3n) is 19.7. The lowest BCUT2D eigenvalue weighted by Crippen LogP contribution is -2.60. The van der Waals surface area contributed by atoms with Crippen molar-refractivity contribution in [3.05, 3.63) is 12.2 Å². The van der Waals surface area contributed by atoms with Crippen molar-refractivity contribution in [2.24, 2.45) is 0 Å². The topological polar surface area (TPSA) is 175 Å². The first-order valence-electron chi connectivity index (χ1n) is 40.5. The van der Waals surface area contributed by atoms with E-state index in [9.17, 15) is 35.1 Å². The molecule has 1 amide bonds. The van der Waals surface area contributed by atoms with Crippen LogP contribution in [0.5, 0.6) is 0 Å². The van der Waals surface area contributed by atoms with Crippen molar-refractivity contribution in [3.8, 4) is 0 Å². The zero-order valence-corrected chi connectivity index (χ0v) is 60.3. The summed E-state index contributed by atoms with van der Waals surface area (Å²) in [6.45, 7) is 4.38. The van der Waals surface area contributed by atoms with Crippen LogP contribution < -0.4 is 5.32 Å². The fraction of sp³-hybridized carbons (Fsp3) is 0.950. The number of nitrogens with one attached hydrogen (secondary N) is 1. The van der Waals surface area contributed by atoms with Crippen LogP contribution in [0.1, 0.15) is 425 Å². The number of carbonyl (C=O) groups excluding carboxylic acids is 2. The number of unbranched alkanes of at least 4 members (excludes halogenated alkanes) is 59. The average molecular weight is 1290 g/mol. The van der Waals surface area contributed by atoms with Crippen molar-refractivity contribution in [1.82, 2.24) is 5.32 Å². The van der Waals surface area contributed by atoms with Crippen molar-refractivity contribution < 1.29 is 49.3 Å². The van der Waals surface area contributed by atoms with Gasteiger partial charge in [-0.3, -0.25) is 9.59 Å². The predicted octanol–water partition coefficient (Wildman–Crippen LogP) is 21.8. The summed E-state index contributed by atoms with van der Waals surface area (Å²) >= 11 is 0.